The number of nitrogens with one attached hydrogen (secondary N) is 1. The number of pyridine rings is 1. The maximum absolute atomic E-state index is 4.35. The monoisotopic (exact) mass is 311 g/mol. The van der Waals surface area contributed by atoms with Crippen LogP contribution in [0, 0.1) is 5.92 Å². The van der Waals surface area contributed by atoms with Crippen molar-refractivity contribution in [1.82, 2.24) is 9.88 Å². The molecule has 0 aromatic carbocycles. The number of likely N-dealkylation sites (tertiary alicyclic amines) is 1. The summed E-state index contributed by atoms with van der Waals surface area (Å²) in [5, 5.41) is 3.44. The fraction of sp³-hybridized carbons (Fsp3) is 0.643. The van der Waals surface area contributed by atoms with E-state index in [0.29, 0.717) is 6.04 Å². The van der Waals surface area contributed by atoms with Gasteiger partial charge in [0.1, 0.15) is 5.82 Å². The SMILES string of the molecule is CC(C)CN1CCC[C@@H]1CNc1ccc(Br)cn1. The number of halogens is 1. The van der Waals surface area contributed by atoms with Gasteiger partial charge < -0.3 is 5.32 Å². The van der Waals surface area contributed by atoms with Gasteiger partial charge in [-0.25, -0.2) is 4.98 Å². The zero-order chi connectivity index (χ0) is 13.0. The van der Waals surface area contributed by atoms with Crippen LogP contribution in [-0.2, 0) is 0 Å². The predicted molar refractivity (Wildman–Crippen MR) is 79.9 cm³/mol. The number of hydrogen-bond acceptors (Lipinski definition) is 3. The van der Waals surface area contributed by atoms with Gasteiger partial charge in [0.25, 0.3) is 0 Å². The lowest BCUT2D eigenvalue weighted by Crippen LogP contribution is -2.37. The summed E-state index contributed by atoms with van der Waals surface area (Å²) in [7, 11) is 0. The molecular formula is C14H22BrN3. The lowest BCUT2D eigenvalue weighted by molar-refractivity contribution is 0.234. The largest absolute Gasteiger partial charge is 0.369 e. The van der Waals surface area contributed by atoms with Gasteiger partial charge >= 0.3 is 0 Å². The normalized spacial score (nSPS) is 20.6. The molecule has 0 radical (unpaired) electrons. The third-order valence-electron chi connectivity index (χ3n) is 3.34. The Labute approximate surface area is 118 Å². The van der Waals surface area contributed by atoms with E-state index in [1.807, 2.05) is 18.3 Å². The average Bonchev–Trinajstić information content (AvgIpc) is 2.75. The molecule has 2 heterocycles. The Morgan fingerprint density at radius 2 is 2.33 bits per heavy atom. The van der Waals surface area contributed by atoms with Crippen LogP contribution in [-0.4, -0.2) is 35.6 Å². The highest BCUT2D eigenvalue weighted by molar-refractivity contribution is 9.10. The van der Waals surface area contributed by atoms with E-state index < -0.39 is 0 Å². The fourth-order valence-corrected chi connectivity index (χ4v) is 2.77. The quantitative estimate of drug-likeness (QED) is 0.903. The van der Waals surface area contributed by atoms with E-state index in [2.05, 4.69) is 45.0 Å². The van der Waals surface area contributed by atoms with E-state index in [-0.39, 0.29) is 0 Å². The smallest absolute Gasteiger partial charge is 0.126 e. The number of hydrogen-bond donors (Lipinski definition) is 1. The summed E-state index contributed by atoms with van der Waals surface area (Å²) in [6, 6.07) is 4.71. The van der Waals surface area contributed by atoms with Crippen LogP contribution in [0.2, 0.25) is 0 Å². The van der Waals surface area contributed by atoms with Crippen molar-refractivity contribution in [3.63, 3.8) is 0 Å². The lowest BCUT2D eigenvalue weighted by atomic mass is 10.1. The molecule has 1 saturated heterocycles. The molecular weight excluding hydrogens is 290 g/mol. The first-order valence-electron chi connectivity index (χ1n) is 6.74. The van der Waals surface area contributed by atoms with Crippen molar-refractivity contribution in [2.45, 2.75) is 32.7 Å². The molecule has 0 unspecified atom stereocenters. The number of nitrogens with zero attached hydrogens (tertiary/aromatic N) is 2. The first kappa shape index (κ1) is 13.8. The standard InChI is InChI=1S/C14H22BrN3/c1-11(2)10-18-7-3-4-13(18)9-17-14-6-5-12(15)8-16-14/h5-6,8,11,13H,3-4,7,9-10H2,1-2H3,(H,16,17)/t13-/m1/s1. The Kier molecular flexibility index (Phi) is 5.01. The Morgan fingerprint density at radius 1 is 1.50 bits per heavy atom. The van der Waals surface area contributed by atoms with Crippen molar-refractivity contribution in [3.8, 4) is 0 Å². The Morgan fingerprint density at radius 3 is 3.00 bits per heavy atom. The molecule has 3 nitrogen and oxygen atoms in total. The molecule has 0 saturated carbocycles. The summed E-state index contributed by atoms with van der Waals surface area (Å²) in [4.78, 5) is 6.96. The molecule has 0 aliphatic carbocycles. The maximum atomic E-state index is 4.35. The summed E-state index contributed by atoms with van der Waals surface area (Å²) < 4.78 is 1.02. The molecule has 1 fully saturated rings. The molecule has 1 N–H and O–H groups in total. The molecule has 100 valence electrons. The zero-order valence-electron chi connectivity index (χ0n) is 11.2. The lowest BCUT2D eigenvalue weighted by Gasteiger charge is -2.26. The minimum atomic E-state index is 0.665. The van der Waals surface area contributed by atoms with Gasteiger partial charge in [-0.2, -0.15) is 0 Å². The highest BCUT2D eigenvalue weighted by Gasteiger charge is 2.24. The van der Waals surface area contributed by atoms with E-state index in [0.717, 1.165) is 22.8 Å². The summed E-state index contributed by atoms with van der Waals surface area (Å²) in [6.07, 6.45) is 4.46. The molecule has 18 heavy (non-hydrogen) atoms. The van der Waals surface area contributed by atoms with Crippen LogP contribution in [0.25, 0.3) is 0 Å². The van der Waals surface area contributed by atoms with Crippen LogP contribution in [0.5, 0.6) is 0 Å². The van der Waals surface area contributed by atoms with Gasteiger partial charge in [-0.1, -0.05) is 13.8 Å². The molecule has 1 aromatic heterocycles. The molecule has 0 bridgehead atoms. The molecule has 0 spiro atoms. The number of aromatic nitrogens is 1. The summed E-state index contributed by atoms with van der Waals surface area (Å²) >= 11 is 3.40. The van der Waals surface area contributed by atoms with Crippen LogP contribution >= 0.6 is 15.9 Å². The van der Waals surface area contributed by atoms with Crippen molar-refractivity contribution < 1.29 is 0 Å². The van der Waals surface area contributed by atoms with Crippen molar-refractivity contribution in [2.24, 2.45) is 5.92 Å². The van der Waals surface area contributed by atoms with Gasteiger partial charge in [-0.05, 0) is 53.4 Å². The van der Waals surface area contributed by atoms with Gasteiger partial charge in [-0.15, -0.1) is 0 Å². The molecule has 1 aromatic rings. The number of anilines is 1. The van der Waals surface area contributed by atoms with Gasteiger partial charge in [0.2, 0.25) is 0 Å². The number of rotatable bonds is 5. The Balaban J connectivity index is 1.83. The highest BCUT2D eigenvalue weighted by Crippen LogP contribution is 2.19. The van der Waals surface area contributed by atoms with Crippen LogP contribution < -0.4 is 5.32 Å². The first-order valence-corrected chi connectivity index (χ1v) is 7.54. The van der Waals surface area contributed by atoms with Crippen LogP contribution in [0.4, 0.5) is 5.82 Å². The minimum absolute atomic E-state index is 0.665. The second kappa shape index (κ2) is 6.53. The van der Waals surface area contributed by atoms with Crippen molar-refractivity contribution in [2.75, 3.05) is 25.0 Å². The zero-order valence-corrected chi connectivity index (χ0v) is 12.8. The molecule has 1 aliphatic rings. The van der Waals surface area contributed by atoms with Gasteiger partial charge in [0.15, 0.2) is 0 Å². The van der Waals surface area contributed by atoms with E-state index in [1.165, 1.54) is 25.9 Å². The predicted octanol–water partition coefficient (Wildman–Crippen LogP) is 3.38. The van der Waals surface area contributed by atoms with Crippen molar-refractivity contribution in [1.29, 1.82) is 0 Å². The maximum Gasteiger partial charge on any atom is 0.126 e. The summed E-state index contributed by atoms with van der Waals surface area (Å²) in [5.74, 6) is 1.71. The Bertz CT molecular complexity index is 364. The topological polar surface area (TPSA) is 28.2 Å². The minimum Gasteiger partial charge on any atom is -0.369 e. The molecule has 4 heteroatoms. The Hall–Kier alpha value is -0.610. The molecule has 1 aliphatic heterocycles. The third-order valence-corrected chi connectivity index (χ3v) is 3.81. The van der Waals surface area contributed by atoms with Crippen LogP contribution in [0.1, 0.15) is 26.7 Å². The van der Waals surface area contributed by atoms with Crippen LogP contribution in [0.15, 0.2) is 22.8 Å². The second-order valence-corrected chi connectivity index (χ2v) is 6.34. The second-order valence-electron chi connectivity index (χ2n) is 5.43. The van der Waals surface area contributed by atoms with E-state index in [4.69, 9.17) is 0 Å². The highest BCUT2D eigenvalue weighted by atomic mass is 79.9. The summed E-state index contributed by atoms with van der Waals surface area (Å²) in [6.45, 7) is 8.04. The van der Waals surface area contributed by atoms with E-state index >= 15 is 0 Å². The summed E-state index contributed by atoms with van der Waals surface area (Å²) in [5.41, 5.74) is 0. The van der Waals surface area contributed by atoms with E-state index in [9.17, 15) is 0 Å². The molecule has 1 atom stereocenters. The van der Waals surface area contributed by atoms with Gasteiger partial charge in [0, 0.05) is 29.8 Å². The van der Waals surface area contributed by atoms with E-state index in [1.54, 1.807) is 0 Å². The van der Waals surface area contributed by atoms with Gasteiger partial charge in [-0.3, -0.25) is 4.90 Å². The molecule has 2 rings (SSSR count). The van der Waals surface area contributed by atoms with Crippen molar-refractivity contribution >= 4 is 21.7 Å². The van der Waals surface area contributed by atoms with Crippen molar-refractivity contribution in [3.05, 3.63) is 22.8 Å². The third kappa shape index (κ3) is 3.95. The van der Waals surface area contributed by atoms with Crippen LogP contribution in [0.3, 0.4) is 0 Å². The molecule has 0 amide bonds. The first-order chi connectivity index (χ1) is 8.65. The average molecular weight is 312 g/mol. The fourth-order valence-electron chi connectivity index (χ4n) is 2.54. The van der Waals surface area contributed by atoms with Gasteiger partial charge in [0.05, 0.1) is 0 Å².